The molecule has 82 valence electrons. The highest BCUT2D eigenvalue weighted by Gasteiger charge is 2.35. The molecule has 2 unspecified atom stereocenters. The van der Waals surface area contributed by atoms with Gasteiger partial charge >= 0.3 is 0 Å². The van der Waals surface area contributed by atoms with E-state index in [4.69, 9.17) is 4.74 Å². The Hall–Kier alpha value is -0.0800. The minimum atomic E-state index is 0.580. The molecule has 0 aromatic rings. The van der Waals surface area contributed by atoms with Gasteiger partial charge in [0.15, 0.2) is 0 Å². The molecule has 2 aliphatic rings. The van der Waals surface area contributed by atoms with Crippen LogP contribution in [0, 0.1) is 11.8 Å². The van der Waals surface area contributed by atoms with Gasteiger partial charge in [0.2, 0.25) is 0 Å². The first-order valence-corrected chi connectivity index (χ1v) is 6.24. The Labute approximate surface area is 87.4 Å². The van der Waals surface area contributed by atoms with E-state index in [2.05, 4.69) is 12.2 Å². The standard InChI is InChI=1S/C12H23NO/c1-2-13-9-11-7-8-14-12(11)10-5-3-4-6-10/h10-13H,2-9H2,1H3. The van der Waals surface area contributed by atoms with Gasteiger partial charge in [-0.05, 0) is 31.7 Å². The molecule has 1 aliphatic carbocycles. The zero-order valence-corrected chi connectivity index (χ0v) is 9.30. The van der Waals surface area contributed by atoms with Crippen molar-refractivity contribution in [3.8, 4) is 0 Å². The predicted octanol–water partition coefficient (Wildman–Crippen LogP) is 2.19. The smallest absolute Gasteiger partial charge is 0.0644 e. The van der Waals surface area contributed by atoms with Gasteiger partial charge in [0, 0.05) is 19.1 Å². The molecule has 0 bridgehead atoms. The van der Waals surface area contributed by atoms with Crippen LogP contribution in [0.15, 0.2) is 0 Å². The van der Waals surface area contributed by atoms with Crippen LogP contribution in [-0.2, 0) is 4.74 Å². The highest BCUT2D eigenvalue weighted by atomic mass is 16.5. The highest BCUT2D eigenvalue weighted by molar-refractivity contribution is 4.86. The van der Waals surface area contributed by atoms with Crippen LogP contribution < -0.4 is 5.32 Å². The summed E-state index contributed by atoms with van der Waals surface area (Å²) in [7, 11) is 0. The monoisotopic (exact) mass is 197 g/mol. The van der Waals surface area contributed by atoms with Gasteiger partial charge in [0.1, 0.15) is 0 Å². The van der Waals surface area contributed by atoms with E-state index in [1.54, 1.807) is 0 Å². The van der Waals surface area contributed by atoms with Crippen molar-refractivity contribution in [3.05, 3.63) is 0 Å². The molecule has 1 N–H and O–H groups in total. The van der Waals surface area contributed by atoms with Crippen LogP contribution in [0.2, 0.25) is 0 Å². The Morgan fingerprint density at radius 2 is 2.00 bits per heavy atom. The zero-order valence-electron chi connectivity index (χ0n) is 9.30. The maximum atomic E-state index is 5.91. The van der Waals surface area contributed by atoms with Crippen LogP contribution in [0.5, 0.6) is 0 Å². The number of hydrogen-bond donors (Lipinski definition) is 1. The van der Waals surface area contributed by atoms with Crippen LogP contribution >= 0.6 is 0 Å². The fraction of sp³-hybridized carbons (Fsp3) is 1.00. The molecule has 0 aromatic carbocycles. The lowest BCUT2D eigenvalue weighted by atomic mass is 9.89. The van der Waals surface area contributed by atoms with Gasteiger partial charge in [0.25, 0.3) is 0 Å². The fourth-order valence-corrected chi connectivity index (χ4v) is 3.01. The van der Waals surface area contributed by atoms with E-state index < -0.39 is 0 Å². The first kappa shape index (κ1) is 10.4. The molecule has 2 nitrogen and oxygen atoms in total. The second-order valence-electron chi connectivity index (χ2n) is 4.74. The van der Waals surface area contributed by atoms with Crippen LogP contribution in [-0.4, -0.2) is 25.8 Å². The molecule has 0 spiro atoms. The first-order valence-electron chi connectivity index (χ1n) is 6.24. The van der Waals surface area contributed by atoms with Gasteiger partial charge in [0.05, 0.1) is 6.10 Å². The third-order valence-corrected chi connectivity index (χ3v) is 3.78. The van der Waals surface area contributed by atoms with Crippen LogP contribution in [0.3, 0.4) is 0 Å². The molecule has 0 radical (unpaired) electrons. The minimum Gasteiger partial charge on any atom is -0.378 e. The average molecular weight is 197 g/mol. The summed E-state index contributed by atoms with van der Waals surface area (Å²) in [5.74, 6) is 1.67. The Morgan fingerprint density at radius 3 is 2.71 bits per heavy atom. The van der Waals surface area contributed by atoms with E-state index in [9.17, 15) is 0 Å². The average Bonchev–Trinajstić information content (AvgIpc) is 2.84. The fourth-order valence-electron chi connectivity index (χ4n) is 3.01. The van der Waals surface area contributed by atoms with E-state index in [1.807, 2.05) is 0 Å². The van der Waals surface area contributed by atoms with E-state index in [0.29, 0.717) is 6.10 Å². The number of nitrogens with one attached hydrogen (secondary N) is 1. The second kappa shape index (κ2) is 5.13. The maximum absolute atomic E-state index is 5.91. The molecule has 1 saturated heterocycles. The summed E-state index contributed by atoms with van der Waals surface area (Å²) < 4.78 is 5.91. The zero-order chi connectivity index (χ0) is 9.80. The van der Waals surface area contributed by atoms with Gasteiger partial charge in [-0.3, -0.25) is 0 Å². The molecular formula is C12H23NO. The number of hydrogen-bond acceptors (Lipinski definition) is 2. The van der Waals surface area contributed by atoms with Gasteiger partial charge in [-0.25, -0.2) is 0 Å². The van der Waals surface area contributed by atoms with E-state index >= 15 is 0 Å². The van der Waals surface area contributed by atoms with Crippen molar-refractivity contribution < 1.29 is 4.74 Å². The summed E-state index contributed by atoms with van der Waals surface area (Å²) in [6.45, 7) is 5.43. The van der Waals surface area contributed by atoms with Gasteiger partial charge in [-0.2, -0.15) is 0 Å². The van der Waals surface area contributed by atoms with E-state index in [-0.39, 0.29) is 0 Å². The lowest BCUT2D eigenvalue weighted by molar-refractivity contribution is 0.0438. The molecule has 14 heavy (non-hydrogen) atoms. The number of ether oxygens (including phenoxy) is 1. The van der Waals surface area contributed by atoms with Gasteiger partial charge in [-0.1, -0.05) is 19.8 Å². The minimum absolute atomic E-state index is 0.580. The normalized spacial score (nSPS) is 34.1. The maximum Gasteiger partial charge on any atom is 0.0644 e. The molecule has 2 rings (SSSR count). The molecule has 2 heteroatoms. The first-order chi connectivity index (χ1) is 6.92. The van der Waals surface area contributed by atoms with Crippen LogP contribution in [0.1, 0.15) is 39.0 Å². The summed E-state index contributed by atoms with van der Waals surface area (Å²) in [5, 5.41) is 3.46. The lowest BCUT2D eigenvalue weighted by Crippen LogP contribution is -2.32. The van der Waals surface area contributed by atoms with Crippen molar-refractivity contribution in [3.63, 3.8) is 0 Å². The summed E-state index contributed by atoms with van der Waals surface area (Å²) in [4.78, 5) is 0. The predicted molar refractivity (Wildman–Crippen MR) is 58.3 cm³/mol. The van der Waals surface area contributed by atoms with E-state index in [1.165, 1.54) is 32.1 Å². The SMILES string of the molecule is CCNCC1CCOC1C1CCCC1. The molecule has 2 atom stereocenters. The highest BCUT2D eigenvalue weighted by Crippen LogP contribution is 2.36. The molecule has 0 aromatic heterocycles. The van der Waals surface area contributed by atoms with Crippen LogP contribution in [0.4, 0.5) is 0 Å². The quantitative estimate of drug-likeness (QED) is 0.746. The summed E-state index contributed by atoms with van der Waals surface area (Å²) >= 11 is 0. The van der Waals surface area contributed by atoms with Crippen molar-refractivity contribution in [1.29, 1.82) is 0 Å². The Bertz CT molecular complexity index is 166. The summed E-state index contributed by atoms with van der Waals surface area (Å²) in [5.41, 5.74) is 0. The van der Waals surface area contributed by atoms with Crippen molar-refractivity contribution in [1.82, 2.24) is 5.32 Å². The molecule has 1 heterocycles. The molecule has 1 saturated carbocycles. The lowest BCUT2D eigenvalue weighted by Gasteiger charge is -2.24. The molecule has 0 amide bonds. The topological polar surface area (TPSA) is 21.3 Å². The third kappa shape index (κ3) is 2.29. The molecular weight excluding hydrogens is 174 g/mol. The van der Waals surface area contributed by atoms with Gasteiger partial charge in [-0.15, -0.1) is 0 Å². The van der Waals surface area contributed by atoms with Gasteiger partial charge < -0.3 is 10.1 Å². The van der Waals surface area contributed by atoms with Crippen molar-refractivity contribution in [2.45, 2.75) is 45.1 Å². The van der Waals surface area contributed by atoms with Crippen LogP contribution in [0.25, 0.3) is 0 Å². The third-order valence-electron chi connectivity index (χ3n) is 3.78. The molecule has 2 fully saturated rings. The number of rotatable bonds is 4. The largest absolute Gasteiger partial charge is 0.378 e. The van der Waals surface area contributed by atoms with E-state index in [0.717, 1.165) is 31.5 Å². The Morgan fingerprint density at radius 1 is 1.21 bits per heavy atom. The molecule has 1 aliphatic heterocycles. The van der Waals surface area contributed by atoms with Crippen molar-refractivity contribution >= 4 is 0 Å². The summed E-state index contributed by atoms with van der Waals surface area (Å²) in [6, 6.07) is 0. The van der Waals surface area contributed by atoms with Crippen molar-refractivity contribution in [2.75, 3.05) is 19.7 Å². The second-order valence-corrected chi connectivity index (χ2v) is 4.74. The van der Waals surface area contributed by atoms with Crippen molar-refractivity contribution in [2.24, 2.45) is 11.8 Å². The Kier molecular flexibility index (Phi) is 3.82. The summed E-state index contributed by atoms with van der Waals surface area (Å²) in [6.07, 6.45) is 7.53. The Balaban J connectivity index is 1.82.